The minimum atomic E-state index is 0.603. The Kier molecular flexibility index (Phi) is 6.49. The van der Waals surface area contributed by atoms with Crippen LogP contribution in [0.4, 0.5) is 0 Å². The highest BCUT2D eigenvalue weighted by Crippen LogP contribution is 2.05. The highest BCUT2D eigenvalue weighted by atomic mass is 15.2. The quantitative estimate of drug-likeness (QED) is 0.629. The maximum atomic E-state index is 4.10. The van der Waals surface area contributed by atoms with Crippen molar-refractivity contribution in [3.63, 3.8) is 0 Å². The molecule has 0 saturated heterocycles. The third kappa shape index (κ3) is 5.07. The van der Waals surface area contributed by atoms with Gasteiger partial charge in [0.05, 0.1) is 0 Å². The molecule has 1 atom stereocenters. The summed E-state index contributed by atoms with van der Waals surface area (Å²) in [7, 11) is 0. The van der Waals surface area contributed by atoms with Crippen LogP contribution < -0.4 is 5.32 Å². The second-order valence-corrected chi connectivity index (χ2v) is 3.99. The molecule has 0 fully saturated rings. The Morgan fingerprint density at radius 3 is 3.06 bits per heavy atom. The van der Waals surface area contributed by atoms with Crippen molar-refractivity contribution in [1.82, 2.24) is 20.5 Å². The number of aromatic amines is 1. The van der Waals surface area contributed by atoms with E-state index in [4.69, 9.17) is 0 Å². The second kappa shape index (κ2) is 8.05. The molecule has 4 nitrogen and oxygen atoms in total. The zero-order valence-corrected chi connectivity index (χ0v) is 10.1. The Balaban J connectivity index is 2.18. The monoisotopic (exact) mass is 222 g/mol. The van der Waals surface area contributed by atoms with Crippen molar-refractivity contribution in [2.45, 2.75) is 45.1 Å². The van der Waals surface area contributed by atoms with E-state index in [-0.39, 0.29) is 0 Å². The molecular weight excluding hydrogens is 200 g/mol. The predicted molar refractivity (Wildman–Crippen MR) is 66.2 cm³/mol. The number of hydrogen-bond donors (Lipinski definition) is 2. The lowest BCUT2D eigenvalue weighted by molar-refractivity contribution is 0.452. The Labute approximate surface area is 97.6 Å². The van der Waals surface area contributed by atoms with E-state index in [2.05, 4.69) is 34.0 Å². The molecule has 1 aromatic rings. The SMILES string of the molecule is C=CCCC(CCC)NCCc1ncn[nH]1. The van der Waals surface area contributed by atoms with Crippen LogP contribution in [0.25, 0.3) is 0 Å². The number of H-pyrrole nitrogens is 1. The van der Waals surface area contributed by atoms with Crippen molar-refractivity contribution in [2.24, 2.45) is 0 Å². The Bertz CT molecular complexity index is 269. The first-order chi connectivity index (χ1) is 7.86. The molecule has 0 bridgehead atoms. The summed E-state index contributed by atoms with van der Waals surface area (Å²) in [4.78, 5) is 4.10. The van der Waals surface area contributed by atoms with Crippen LogP contribution in [0.2, 0.25) is 0 Å². The van der Waals surface area contributed by atoms with Crippen LogP contribution in [0.3, 0.4) is 0 Å². The highest BCUT2D eigenvalue weighted by Gasteiger charge is 2.05. The van der Waals surface area contributed by atoms with Gasteiger partial charge in [-0.2, -0.15) is 5.10 Å². The summed E-state index contributed by atoms with van der Waals surface area (Å²) in [5, 5.41) is 10.3. The fourth-order valence-corrected chi connectivity index (χ4v) is 1.76. The molecule has 16 heavy (non-hydrogen) atoms. The van der Waals surface area contributed by atoms with Gasteiger partial charge in [-0.25, -0.2) is 4.98 Å². The molecule has 90 valence electrons. The average Bonchev–Trinajstić information content (AvgIpc) is 2.79. The first-order valence-electron chi connectivity index (χ1n) is 6.05. The van der Waals surface area contributed by atoms with Crippen LogP contribution in [0, 0.1) is 0 Å². The molecule has 2 N–H and O–H groups in total. The minimum Gasteiger partial charge on any atom is -0.314 e. The molecule has 0 amide bonds. The summed E-state index contributed by atoms with van der Waals surface area (Å²) >= 11 is 0. The van der Waals surface area contributed by atoms with E-state index in [1.54, 1.807) is 6.33 Å². The molecule has 1 rings (SSSR count). The number of allylic oxidation sites excluding steroid dienone is 1. The third-order valence-electron chi connectivity index (χ3n) is 2.62. The van der Waals surface area contributed by atoms with Gasteiger partial charge in [0.1, 0.15) is 12.2 Å². The molecule has 1 heterocycles. The normalized spacial score (nSPS) is 12.6. The molecule has 1 unspecified atom stereocenters. The fourth-order valence-electron chi connectivity index (χ4n) is 1.76. The first-order valence-corrected chi connectivity index (χ1v) is 6.05. The summed E-state index contributed by atoms with van der Waals surface area (Å²) in [5.74, 6) is 0.950. The van der Waals surface area contributed by atoms with Crippen molar-refractivity contribution >= 4 is 0 Å². The lowest BCUT2D eigenvalue weighted by Crippen LogP contribution is -2.30. The molecular formula is C12H22N4. The predicted octanol–water partition coefficient (Wildman–Crippen LogP) is 2.07. The van der Waals surface area contributed by atoms with E-state index in [1.165, 1.54) is 19.3 Å². The second-order valence-electron chi connectivity index (χ2n) is 3.99. The number of aromatic nitrogens is 3. The van der Waals surface area contributed by atoms with Gasteiger partial charge in [0.15, 0.2) is 0 Å². The molecule has 0 aliphatic rings. The molecule has 0 saturated carbocycles. The van der Waals surface area contributed by atoms with Crippen LogP contribution in [0.15, 0.2) is 19.0 Å². The van der Waals surface area contributed by atoms with Gasteiger partial charge >= 0.3 is 0 Å². The lowest BCUT2D eigenvalue weighted by atomic mass is 10.1. The summed E-state index contributed by atoms with van der Waals surface area (Å²) < 4.78 is 0. The minimum absolute atomic E-state index is 0.603. The summed E-state index contributed by atoms with van der Waals surface area (Å²) in [6.07, 6.45) is 9.15. The molecule has 4 heteroatoms. The molecule has 0 radical (unpaired) electrons. The molecule has 1 aromatic heterocycles. The maximum absolute atomic E-state index is 4.10. The lowest BCUT2D eigenvalue weighted by Gasteiger charge is -2.16. The van der Waals surface area contributed by atoms with E-state index in [0.717, 1.165) is 25.2 Å². The standard InChI is InChI=1S/C12H22N4/c1-3-5-7-11(6-4-2)13-9-8-12-14-10-15-16-12/h3,10-11,13H,1,4-9H2,2H3,(H,14,15,16). The van der Waals surface area contributed by atoms with Gasteiger partial charge in [0, 0.05) is 19.0 Å². The summed E-state index contributed by atoms with van der Waals surface area (Å²) in [6.45, 7) is 6.94. The van der Waals surface area contributed by atoms with Gasteiger partial charge in [-0.1, -0.05) is 19.4 Å². The van der Waals surface area contributed by atoms with E-state index in [0.29, 0.717) is 6.04 Å². The molecule has 0 spiro atoms. The zero-order chi connectivity index (χ0) is 11.6. The number of hydrogen-bond acceptors (Lipinski definition) is 3. The topological polar surface area (TPSA) is 53.6 Å². The Morgan fingerprint density at radius 2 is 2.44 bits per heavy atom. The van der Waals surface area contributed by atoms with Gasteiger partial charge < -0.3 is 5.32 Å². The van der Waals surface area contributed by atoms with E-state index in [1.807, 2.05) is 6.08 Å². The highest BCUT2D eigenvalue weighted by molar-refractivity contribution is 4.82. The van der Waals surface area contributed by atoms with Crippen LogP contribution in [0.5, 0.6) is 0 Å². The largest absolute Gasteiger partial charge is 0.314 e. The van der Waals surface area contributed by atoms with Crippen LogP contribution in [0.1, 0.15) is 38.4 Å². The molecule has 0 aliphatic carbocycles. The van der Waals surface area contributed by atoms with E-state index < -0.39 is 0 Å². The molecule has 0 aromatic carbocycles. The van der Waals surface area contributed by atoms with Gasteiger partial charge in [-0.3, -0.25) is 5.10 Å². The number of nitrogens with one attached hydrogen (secondary N) is 2. The van der Waals surface area contributed by atoms with E-state index >= 15 is 0 Å². The van der Waals surface area contributed by atoms with Gasteiger partial charge in [-0.05, 0) is 19.3 Å². The van der Waals surface area contributed by atoms with E-state index in [9.17, 15) is 0 Å². The van der Waals surface area contributed by atoms with Gasteiger partial charge in [-0.15, -0.1) is 6.58 Å². The van der Waals surface area contributed by atoms with Crippen molar-refractivity contribution in [3.8, 4) is 0 Å². The van der Waals surface area contributed by atoms with Crippen LogP contribution in [-0.4, -0.2) is 27.8 Å². The maximum Gasteiger partial charge on any atom is 0.137 e. The van der Waals surface area contributed by atoms with Crippen LogP contribution in [-0.2, 0) is 6.42 Å². The zero-order valence-electron chi connectivity index (χ0n) is 10.1. The number of rotatable bonds is 9. The number of nitrogens with zero attached hydrogens (tertiary/aromatic N) is 2. The summed E-state index contributed by atoms with van der Waals surface area (Å²) in [5.41, 5.74) is 0. The van der Waals surface area contributed by atoms with Gasteiger partial charge in [0.25, 0.3) is 0 Å². The molecule has 0 aliphatic heterocycles. The van der Waals surface area contributed by atoms with Gasteiger partial charge in [0.2, 0.25) is 0 Å². The Hall–Kier alpha value is -1.16. The Morgan fingerprint density at radius 1 is 1.56 bits per heavy atom. The third-order valence-corrected chi connectivity index (χ3v) is 2.62. The first kappa shape index (κ1) is 12.9. The van der Waals surface area contributed by atoms with Crippen molar-refractivity contribution < 1.29 is 0 Å². The van der Waals surface area contributed by atoms with Crippen molar-refractivity contribution in [2.75, 3.05) is 6.54 Å². The fraction of sp³-hybridized carbons (Fsp3) is 0.667. The smallest absolute Gasteiger partial charge is 0.137 e. The van der Waals surface area contributed by atoms with Crippen molar-refractivity contribution in [1.29, 1.82) is 0 Å². The average molecular weight is 222 g/mol. The van der Waals surface area contributed by atoms with Crippen molar-refractivity contribution in [3.05, 3.63) is 24.8 Å². The van der Waals surface area contributed by atoms with Crippen LogP contribution >= 0.6 is 0 Å². The summed E-state index contributed by atoms with van der Waals surface area (Å²) in [6, 6.07) is 0.603.